The van der Waals surface area contributed by atoms with Gasteiger partial charge in [-0.3, -0.25) is 4.72 Å². The Morgan fingerprint density at radius 3 is 2.24 bits per heavy atom. The Morgan fingerprint density at radius 1 is 1.06 bits per heavy atom. The molecule has 1 saturated heterocycles. The van der Waals surface area contributed by atoms with E-state index in [2.05, 4.69) is 19.5 Å². The maximum atomic E-state index is 12.7. The molecule has 0 unspecified atom stereocenters. The van der Waals surface area contributed by atoms with E-state index in [0.717, 1.165) is 6.07 Å². The lowest BCUT2D eigenvalue weighted by molar-refractivity contribution is 0.125. The molecule has 0 spiro atoms. The van der Waals surface area contributed by atoms with Crippen molar-refractivity contribution >= 4 is 37.5 Å². The average Bonchev–Trinajstić information content (AvgIpc) is 2.79. The topological polar surface area (TPSA) is 182 Å². The second kappa shape index (κ2) is 10.1. The Hall–Kier alpha value is -3.32. The van der Waals surface area contributed by atoms with Crippen molar-refractivity contribution in [3.8, 4) is 0 Å². The van der Waals surface area contributed by atoms with Gasteiger partial charge in [0.1, 0.15) is 0 Å². The SMILES string of the molecule is [N-]=[N+]=Nc1ccc(NS(=O)(=O)c2cccc(S(=O)(=O)NCC3CCN(C(=O)O)CC3)c2)cc1. The van der Waals surface area contributed by atoms with Crippen LogP contribution in [0.3, 0.4) is 0 Å². The number of benzene rings is 2. The average molecular weight is 495 g/mol. The molecule has 3 N–H and O–H groups in total. The number of piperidine rings is 1. The predicted octanol–water partition coefficient (Wildman–Crippen LogP) is 3.10. The number of azide groups is 1. The van der Waals surface area contributed by atoms with Crippen molar-refractivity contribution in [1.29, 1.82) is 0 Å². The lowest BCUT2D eigenvalue weighted by Gasteiger charge is -2.29. The van der Waals surface area contributed by atoms with E-state index < -0.39 is 26.1 Å². The van der Waals surface area contributed by atoms with E-state index in [-0.39, 0.29) is 27.9 Å². The zero-order chi connectivity index (χ0) is 24.1. The van der Waals surface area contributed by atoms with Crippen LogP contribution in [0.25, 0.3) is 10.4 Å². The molecule has 2 aromatic carbocycles. The molecule has 0 atom stereocenters. The number of hydrogen-bond acceptors (Lipinski definition) is 6. The summed E-state index contributed by atoms with van der Waals surface area (Å²) in [5.74, 6) is -0.0164. The van der Waals surface area contributed by atoms with E-state index in [9.17, 15) is 21.6 Å². The monoisotopic (exact) mass is 494 g/mol. The summed E-state index contributed by atoms with van der Waals surface area (Å²) in [5.41, 5.74) is 8.95. The highest BCUT2D eigenvalue weighted by Crippen LogP contribution is 2.22. The summed E-state index contributed by atoms with van der Waals surface area (Å²) in [4.78, 5) is 14.5. The van der Waals surface area contributed by atoms with Gasteiger partial charge in [-0.25, -0.2) is 26.4 Å². The van der Waals surface area contributed by atoms with Crippen LogP contribution in [-0.2, 0) is 20.0 Å². The molecule has 1 heterocycles. The number of amides is 1. The molecule has 176 valence electrons. The van der Waals surface area contributed by atoms with Crippen molar-refractivity contribution < 1.29 is 26.7 Å². The van der Waals surface area contributed by atoms with Crippen molar-refractivity contribution in [1.82, 2.24) is 9.62 Å². The van der Waals surface area contributed by atoms with Crippen molar-refractivity contribution in [2.24, 2.45) is 11.0 Å². The smallest absolute Gasteiger partial charge is 0.407 e. The van der Waals surface area contributed by atoms with E-state index in [0.29, 0.717) is 31.6 Å². The van der Waals surface area contributed by atoms with E-state index >= 15 is 0 Å². The van der Waals surface area contributed by atoms with Crippen molar-refractivity contribution in [3.63, 3.8) is 0 Å². The van der Waals surface area contributed by atoms with Crippen LogP contribution in [0.1, 0.15) is 12.8 Å². The zero-order valence-corrected chi connectivity index (χ0v) is 19.0. The summed E-state index contributed by atoms with van der Waals surface area (Å²) in [6.07, 6.45) is 0.0735. The Balaban J connectivity index is 1.68. The molecule has 0 aliphatic carbocycles. The summed E-state index contributed by atoms with van der Waals surface area (Å²) in [7, 11) is -8.05. The van der Waals surface area contributed by atoms with Crippen LogP contribution in [0.15, 0.2) is 63.4 Å². The van der Waals surface area contributed by atoms with Crippen LogP contribution in [0.4, 0.5) is 16.2 Å². The Bertz CT molecular complexity index is 1270. The minimum Gasteiger partial charge on any atom is -0.465 e. The standard InChI is InChI=1S/C19H22N6O6S2/c20-24-22-15-4-6-16(7-5-15)23-33(30,31)18-3-1-2-17(12-18)32(28,29)21-13-14-8-10-25(11-9-14)19(26)27/h1-7,12,14,21,23H,8-11,13H2,(H,26,27). The van der Waals surface area contributed by atoms with Crippen LogP contribution in [0.2, 0.25) is 0 Å². The Kier molecular flexibility index (Phi) is 7.43. The molecular formula is C19H22N6O6S2. The van der Waals surface area contributed by atoms with Gasteiger partial charge in [0.2, 0.25) is 10.0 Å². The first-order valence-electron chi connectivity index (χ1n) is 9.86. The summed E-state index contributed by atoms with van der Waals surface area (Å²) in [5, 5.41) is 12.4. The molecule has 12 nitrogen and oxygen atoms in total. The van der Waals surface area contributed by atoms with E-state index in [1.54, 1.807) is 0 Å². The van der Waals surface area contributed by atoms with Crippen LogP contribution in [0, 0.1) is 5.92 Å². The number of likely N-dealkylation sites (tertiary alicyclic amines) is 1. The maximum absolute atomic E-state index is 12.7. The predicted molar refractivity (Wildman–Crippen MR) is 120 cm³/mol. The molecule has 1 aliphatic rings. The molecule has 2 aromatic rings. The number of rotatable bonds is 8. The Morgan fingerprint density at radius 2 is 1.67 bits per heavy atom. The molecule has 3 rings (SSSR count). The van der Waals surface area contributed by atoms with Gasteiger partial charge >= 0.3 is 6.09 Å². The fourth-order valence-corrected chi connectivity index (χ4v) is 5.65. The van der Waals surface area contributed by atoms with E-state index in [4.69, 9.17) is 10.6 Å². The summed E-state index contributed by atoms with van der Waals surface area (Å²) >= 11 is 0. The summed E-state index contributed by atoms with van der Waals surface area (Å²) < 4.78 is 55.7. The fraction of sp³-hybridized carbons (Fsp3) is 0.316. The molecule has 33 heavy (non-hydrogen) atoms. The molecule has 1 aliphatic heterocycles. The highest BCUT2D eigenvalue weighted by Gasteiger charge is 2.25. The van der Waals surface area contributed by atoms with Crippen LogP contribution >= 0.6 is 0 Å². The van der Waals surface area contributed by atoms with Gasteiger partial charge in [0.05, 0.1) is 9.79 Å². The van der Waals surface area contributed by atoms with Crippen LogP contribution in [-0.4, -0.2) is 52.6 Å². The number of nitrogens with one attached hydrogen (secondary N) is 2. The molecule has 0 radical (unpaired) electrons. The number of carbonyl (C=O) groups is 1. The van der Waals surface area contributed by atoms with Gasteiger partial charge in [-0.15, -0.1) is 0 Å². The third-order valence-electron chi connectivity index (χ3n) is 5.15. The third-order valence-corrected chi connectivity index (χ3v) is 7.95. The second-order valence-corrected chi connectivity index (χ2v) is 10.8. The molecular weight excluding hydrogens is 472 g/mol. The molecule has 0 aromatic heterocycles. The summed E-state index contributed by atoms with van der Waals surface area (Å²) in [6.45, 7) is 0.804. The lowest BCUT2D eigenvalue weighted by Crippen LogP contribution is -2.40. The number of hydrogen-bond donors (Lipinski definition) is 3. The Labute approximate surface area is 191 Å². The van der Waals surface area contributed by atoms with E-state index in [1.165, 1.54) is 47.4 Å². The van der Waals surface area contributed by atoms with Gasteiger partial charge in [0.15, 0.2) is 0 Å². The third kappa shape index (κ3) is 6.35. The van der Waals surface area contributed by atoms with Gasteiger partial charge in [-0.2, -0.15) is 0 Å². The highest BCUT2D eigenvalue weighted by molar-refractivity contribution is 7.93. The molecule has 14 heteroatoms. The van der Waals surface area contributed by atoms with Crippen molar-refractivity contribution in [2.75, 3.05) is 24.4 Å². The largest absolute Gasteiger partial charge is 0.465 e. The van der Waals surface area contributed by atoms with Gasteiger partial charge < -0.3 is 10.0 Å². The first-order valence-corrected chi connectivity index (χ1v) is 12.8. The second-order valence-electron chi connectivity index (χ2n) is 7.38. The molecule has 1 amide bonds. The number of nitrogens with zero attached hydrogens (tertiary/aromatic N) is 4. The fourth-order valence-electron chi connectivity index (χ4n) is 3.31. The zero-order valence-electron chi connectivity index (χ0n) is 17.3. The first kappa shape index (κ1) is 24.3. The number of sulfonamides is 2. The van der Waals surface area contributed by atoms with Gasteiger partial charge in [0.25, 0.3) is 10.0 Å². The van der Waals surface area contributed by atoms with E-state index in [1.807, 2.05) is 0 Å². The van der Waals surface area contributed by atoms with Crippen molar-refractivity contribution in [3.05, 3.63) is 59.0 Å². The number of anilines is 1. The maximum Gasteiger partial charge on any atom is 0.407 e. The first-order chi connectivity index (χ1) is 15.6. The minimum atomic E-state index is -4.08. The van der Waals surface area contributed by atoms with Gasteiger partial charge in [0, 0.05) is 35.9 Å². The van der Waals surface area contributed by atoms with Crippen molar-refractivity contribution in [2.45, 2.75) is 22.6 Å². The minimum absolute atomic E-state index is 0.0164. The molecule has 1 fully saturated rings. The van der Waals surface area contributed by atoms with Crippen LogP contribution < -0.4 is 9.44 Å². The molecule has 0 bridgehead atoms. The normalized spacial score (nSPS) is 15.0. The highest BCUT2D eigenvalue weighted by atomic mass is 32.2. The number of carboxylic acid groups (broad SMARTS) is 1. The van der Waals surface area contributed by atoms with Crippen LogP contribution in [0.5, 0.6) is 0 Å². The van der Waals surface area contributed by atoms with Gasteiger partial charge in [-0.05, 0) is 54.6 Å². The quantitative estimate of drug-likeness (QED) is 0.288. The molecule has 0 saturated carbocycles. The summed E-state index contributed by atoms with van der Waals surface area (Å²) in [6, 6.07) is 10.7. The van der Waals surface area contributed by atoms with Gasteiger partial charge in [-0.1, -0.05) is 23.3 Å². The lowest BCUT2D eigenvalue weighted by atomic mass is 9.97.